The van der Waals surface area contributed by atoms with Crippen LogP contribution in [0.2, 0.25) is 0 Å². The van der Waals surface area contributed by atoms with Crippen molar-refractivity contribution in [1.29, 1.82) is 0 Å². The van der Waals surface area contributed by atoms with Gasteiger partial charge in [-0.05, 0) is 31.4 Å². The Hall–Kier alpha value is -3.32. The first kappa shape index (κ1) is 22.2. The van der Waals surface area contributed by atoms with E-state index in [0.717, 1.165) is 60.5 Å². The number of pyridine rings is 1. The largest absolute Gasteiger partial charge is 0.493 e. The van der Waals surface area contributed by atoms with Crippen molar-refractivity contribution < 1.29 is 14.3 Å². The Morgan fingerprint density at radius 1 is 0.914 bits per heavy atom. The highest BCUT2D eigenvalue weighted by atomic mass is 16.5. The van der Waals surface area contributed by atoms with Crippen LogP contribution in [0.5, 0.6) is 5.75 Å². The Balaban J connectivity index is 1.40. The van der Waals surface area contributed by atoms with Gasteiger partial charge in [0, 0.05) is 49.7 Å². The third-order valence-electron chi connectivity index (χ3n) is 7.38. The maximum atomic E-state index is 13.8. The number of hydrogen-bond acceptors (Lipinski definition) is 6. The molecule has 7 nitrogen and oxygen atoms in total. The van der Waals surface area contributed by atoms with Crippen LogP contribution in [-0.4, -0.2) is 56.9 Å². The summed E-state index contributed by atoms with van der Waals surface area (Å²) in [5.74, 6) is 0.756. The van der Waals surface area contributed by atoms with Crippen LogP contribution >= 0.6 is 0 Å². The summed E-state index contributed by atoms with van der Waals surface area (Å²) in [4.78, 5) is 23.4. The van der Waals surface area contributed by atoms with E-state index in [9.17, 15) is 4.79 Å². The van der Waals surface area contributed by atoms with E-state index >= 15 is 0 Å². The third kappa shape index (κ3) is 4.29. The van der Waals surface area contributed by atoms with Crippen LogP contribution < -0.4 is 19.9 Å². The van der Waals surface area contributed by atoms with Gasteiger partial charge in [-0.3, -0.25) is 9.78 Å². The molecule has 0 spiro atoms. The van der Waals surface area contributed by atoms with E-state index < -0.39 is 0 Å². The van der Waals surface area contributed by atoms with Gasteiger partial charge in [-0.25, -0.2) is 0 Å². The number of hydrogen-bond donors (Lipinski definition) is 1. The molecule has 2 aromatic carbocycles. The molecule has 0 radical (unpaired) electrons. The zero-order chi connectivity index (χ0) is 23.6. The number of aromatic nitrogens is 1. The van der Waals surface area contributed by atoms with Gasteiger partial charge in [0.05, 0.1) is 48.3 Å². The first-order chi connectivity index (χ1) is 17.3. The van der Waals surface area contributed by atoms with Crippen molar-refractivity contribution in [2.75, 3.05) is 55.8 Å². The number of rotatable bonds is 4. The number of ether oxygens (including phenoxy) is 2. The van der Waals surface area contributed by atoms with Crippen LogP contribution in [0, 0.1) is 0 Å². The molecule has 1 aromatic heterocycles. The minimum atomic E-state index is -0.0917. The summed E-state index contributed by atoms with van der Waals surface area (Å²) in [6, 6.07) is 14.3. The third-order valence-corrected chi connectivity index (χ3v) is 7.38. The molecule has 2 fully saturated rings. The van der Waals surface area contributed by atoms with Gasteiger partial charge in [0.25, 0.3) is 5.91 Å². The minimum absolute atomic E-state index is 0.0830. The molecule has 1 N–H and O–H groups in total. The van der Waals surface area contributed by atoms with E-state index in [1.165, 1.54) is 24.9 Å². The number of nitrogens with one attached hydrogen (secondary N) is 1. The average molecular weight is 473 g/mol. The molecule has 1 amide bonds. The van der Waals surface area contributed by atoms with Crippen LogP contribution in [0.1, 0.15) is 47.6 Å². The van der Waals surface area contributed by atoms with E-state index in [4.69, 9.17) is 14.5 Å². The lowest BCUT2D eigenvalue weighted by atomic mass is 9.99. The summed E-state index contributed by atoms with van der Waals surface area (Å²) in [7, 11) is 0. The number of para-hydroxylation sites is 2. The molecule has 0 aliphatic carbocycles. The van der Waals surface area contributed by atoms with Crippen LogP contribution in [0.4, 0.5) is 11.4 Å². The maximum absolute atomic E-state index is 13.8. The van der Waals surface area contributed by atoms with Gasteiger partial charge < -0.3 is 24.6 Å². The molecule has 1 atom stereocenters. The van der Waals surface area contributed by atoms with Crippen LogP contribution in [0.15, 0.2) is 48.7 Å². The monoisotopic (exact) mass is 472 g/mol. The van der Waals surface area contributed by atoms with Crippen molar-refractivity contribution >= 4 is 28.2 Å². The second-order valence-corrected chi connectivity index (χ2v) is 9.54. The van der Waals surface area contributed by atoms with E-state index in [1.54, 1.807) is 6.20 Å². The topological polar surface area (TPSA) is 66.9 Å². The molecule has 3 aromatic rings. The molecule has 3 aliphatic rings. The Kier molecular flexibility index (Phi) is 6.17. The van der Waals surface area contributed by atoms with Crippen molar-refractivity contribution in [2.45, 2.75) is 31.7 Å². The highest BCUT2D eigenvalue weighted by molar-refractivity contribution is 6.09. The van der Waals surface area contributed by atoms with Gasteiger partial charge >= 0.3 is 0 Å². The molecule has 7 heteroatoms. The molecule has 0 unspecified atom stereocenters. The molecular weight excluding hydrogens is 440 g/mol. The normalized spacial score (nSPS) is 20.3. The lowest BCUT2D eigenvalue weighted by Crippen LogP contribution is -2.39. The van der Waals surface area contributed by atoms with Crippen molar-refractivity contribution in [1.82, 2.24) is 10.3 Å². The average Bonchev–Trinajstić information content (AvgIpc) is 2.93. The first-order valence-electron chi connectivity index (χ1n) is 12.8. The number of morpholine rings is 1. The fourth-order valence-corrected chi connectivity index (χ4v) is 5.61. The van der Waals surface area contributed by atoms with E-state index in [2.05, 4.69) is 33.3 Å². The fourth-order valence-electron chi connectivity index (χ4n) is 5.61. The summed E-state index contributed by atoms with van der Waals surface area (Å²) in [5, 5.41) is 4.32. The number of anilines is 2. The summed E-state index contributed by atoms with van der Waals surface area (Å²) in [6.45, 7) is 5.53. The SMILES string of the molecule is O=C(N[C@H]1CCOc2ccccc21)c1cnc2c(N3CCCCC3)cccc2c1N1CCOCC1. The van der Waals surface area contributed by atoms with Crippen molar-refractivity contribution in [3.05, 3.63) is 59.8 Å². The summed E-state index contributed by atoms with van der Waals surface area (Å²) >= 11 is 0. The molecule has 2 saturated heterocycles. The number of piperidine rings is 1. The number of carbonyl (C=O) groups excluding carboxylic acids is 1. The zero-order valence-electron chi connectivity index (χ0n) is 20.0. The maximum Gasteiger partial charge on any atom is 0.255 e. The van der Waals surface area contributed by atoms with Crippen molar-refractivity contribution in [2.24, 2.45) is 0 Å². The number of benzene rings is 2. The second kappa shape index (κ2) is 9.74. The molecular formula is C28H32N4O3. The van der Waals surface area contributed by atoms with Crippen molar-refractivity contribution in [3.63, 3.8) is 0 Å². The molecule has 0 saturated carbocycles. The van der Waals surface area contributed by atoms with E-state index in [-0.39, 0.29) is 11.9 Å². The quantitative estimate of drug-likeness (QED) is 0.610. The lowest BCUT2D eigenvalue weighted by Gasteiger charge is -2.33. The summed E-state index contributed by atoms with van der Waals surface area (Å²) in [5.41, 5.74) is 4.77. The number of carbonyl (C=O) groups is 1. The predicted octanol–water partition coefficient (Wildman–Crippen LogP) is 4.32. The molecule has 35 heavy (non-hydrogen) atoms. The first-order valence-corrected chi connectivity index (χ1v) is 12.8. The predicted molar refractivity (Wildman–Crippen MR) is 138 cm³/mol. The van der Waals surface area contributed by atoms with E-state index in [1.807, 2.05) is 24.3 Å². The van der Waals surface area contributed by atoms with Crippen LogP contribution in [0.3, 0.4) is 0 Å². The fraction of sp³-hybridized carbons (Fsp3) is 0.429. The molecule has 182 valence electrons. The standard InChI is InChI=1S/C28H32N4O3/c33-28(30-23-11-16-35-25-10-3-2-7-20(23)25)22-19-29-26-21(27(22)32-14-17-34-18-15-32)8-6-9-24(26)31-12-4-1-5-13-31/h2-3,6-10,19,23H,1,4-5,11-18H2,(H,30,33)/t23-/m0/s1. The highest BCUT2D eigenvalue weighted by Crippen LogP contribution is 2.37. The highest BCUT2D eigenvalue weighted by Gasteiger charge is 2.28. The van der Waals surface area contributed by atoms with Gasteiger partial charge in [-0.1, -0.05) is 30.3 Å². The van der Waals surface area contributed by atoms with Crippen LogP contribution in [-0.2, 0) is 4.74 Å². The van der Waals surface area contributed by atoms with Crippen LogP contribution in [0.25, 0.3) is 10.9 Å². The Bertz CT molecular complexity index is 1220. The zero-order valence-corrected chi connectivity index (χ0v) is 20.0. The van der Waals surface area contributed by atoms with Gasteiger partial charge in [0.2, 0.25) is 0 Å². The molecule has 3 aliphatic heterocycles. The van der Waals surface area contributed by atoms with E-state index in [0.29, 0.717) is 25.4 Å². The molecule has 4 heterocycles. The Morgan fingerprint density at radius 2 is 1.74 bits per heavy atom. The van der Waals surface area contributed by atoms with Gasteiger partial charge in [0.1, 0.15) is 5.75 Å². The van der Waals surface area contributed by atoms with Gasteiger partial charge in [-0.2, -0.15) is 0 Å². The number of amides is 1. The lowest BCUT2D eigenvalue weighted by molar-refractivity contribution is 0.0923. The smallest absolute Gasteiger partial charge is 0.255 e. The van der Waals surface area contributed by atoms with Crippen molar-refractivity contribution in [3.8, 4) is 5.75 Å². The Labute approximate surface area is 206 Å². The second-order valence-electron chi connectivity index (χ2n) is 9.54. The summed E-state index contributed by atoms with van der Waals surface area (Å²) < 4.78 is 11.4. The van der Waals surface area contributed by atoms with Gasteiger partial charge in [0.15, 0.2) is 0 Å². The molecule has 6 rings (SSSR count). The van der Waals surface area contributed by atoms with Gasteiger partial charge in [-0.15, -0.1) is 0 Å². The summed E-state index contributed by atoms with van der Waals surface area (Å²) in [6.07, 6.45) is 6.23. The number of nitrogens with zero attached hydrogens (tertiary/aromatic N) is 3. The Morgan fingerprint density at radius 3 is 2.60 bits per heavy atom. The number of fused-ring (bicyclic) bond motifs is 2. The molecule has 0 bridgehead atoms. The minimum Gasteiger partial charge on any atom is -0.493 e.